The monoisotopic (exact) mass is 440 g/mol. The normalized spacial score (nSPS) is 11.5. The van der Waals surface area contributed by atoms with Gasteiger partial charge in [-0.25, -0.2) is 22.2 Å². The van der Waals surface area contributed by atoms with Crippen molar-refractivity contribution < 1.29 is 17.2 Å². The van der Waals surface area contributed by atoms with E-state index in [9.17, 15) is 17.2 Å². The minimum atomic E-state index is -4.24. The van der Waals surface area contributed by atoms with Crippen molar-refractivity contribution in [1.82, 2.24) is 4.98 Å². The zero-order valence-corrected chi connectivity index (χ0v) is 14.5. The molecule has 0 saturated carbocycles. The standard InChI is InChI=1S/C12H8Br2F2N2O2S/c1-6-2-7(13)5-17-12(6)18-21(19,20)11-9(14)3-8(15)4-10(11)16/h2-5H,1H3,(H,17,18). The van der Waals surface area contributed by atoms with Crippen LogP contribution in [0.25, 0.3) is 0 Å². The van der Waals surface area contributed by atoms with Gasteiger partial charge in [0.2, 0.25) is 0 Å². The molecule has 0 aliphatic carbocycles. The number of hydrogen-bond acceptors (Lipinski definition) is 3. The van der Waals surface area contributed by atoms with Crippen LogP contribution in [0, 0.1) is 18.6 Å². The number of aromatic nitrogens is 1. The van der Waals surface area contributed by atoms with Crippen molar-refractivity contribution in [3.8, 4) is 0 Å². The molecule has 1 heterocycles. The largest absolute Gasteiger partial charge is 0.267 e. The van der Waals surface area contributed by atoms with E-state index >= 15 is 0 Å². The van der Waals surface area contributed by atoms with E-state index in [-0.39, 0.29) is 10.3 Å². The number of sulfonamides is 1. The summed E-state index contributed by atoms with van der Waals surface area (Å²) < 4.78 is 53.9. The molecule has 21 heavy (non-hydrogen) atoms. The Balaban J connectivity index is 2.48. The Hall–Kier alpha value is -1.06. The average molecular weight is 442 g/mol. The van der Waals surface area contributed by atoms with E-state index in [1.165, 1.54) is 6.20 Å². The van der Waals surface area contributed by atoms with Gasteiger partial charge in [-0.15, -0.1) is 0 Å². The van der Waals surface area contributed by atoms with Gasteiger partial charge in [-0.3, -0.25) is 4.72 Å². The maximum atomic E-state index is 13.8. The summed E-state index contributed by atoms with van der Waals surface area (Å²) in [6.45, 7) is 1.64. The van der Waals surface area contributed by atoms with Crippen LogP contribution in [0.4, 0.5) is 14.6 Å². The summed E-state index contributed by atoms with van der Waals surface area (Å²) >= 11 is 6.05. The molecule has 4 nitrogen and oxygen atoms in total. The highest BCUT2D eigenvalue weighted by molar-refractivity contribution is 9.10. The molecule has 0 bridgehead atoms. The molecular weight excluding hydrogens is 434 g/mol. The van der Waals surface area contributed by atoms with Crippen LogP contribution < -0.4 is 4.72 Å². The van der Waals surface area contributed by atoms with Crippen LogP contribution in [-0.4, -0.2) is 13.4 Å². The fourth-order valence-electron chi connectivity index (χ4n) is 1.61. The number of halogens is 4. The number of nitrogens with one attached hydrogen (secondary N) is 1. The number of rotatable bonds is 3. The molecule has 0 atom stereocenters. The van der Waals surface area contributed by atoms with Gasteiger partial charge >= 0.3 is 0 Å². The average Bonchev–Trinajstić information content (AvgIpc) is 2.30. The molecule has 112 valence electrons. The van der Waals surface area contributed by atoms with Crippen molar-refractivity contribution in [3.05, 3.63) is 50.5 Å². The van der Waals surface area contributed by atoms with Gasteiger partial charge in [-0.1, -0.05) is 0 Å². The summed E-state index contributed by atoms with van der Waals surface area (Å²) in [5, 5.41) is 0. The molecule has 1 aromatic carbocycles. The molecule has 0 aliphatic rings. The molecule has 2 rings (SSSR count). The second-order valence-electron chi connectivity index (χ2n) is 4.12. The Bertz CT molecular complexity index is 790. The van der Waals surface area contributed by atoms with Crippen molar-refractivity contribution in [2.75, 3.05) is 4.72 Å². The number of anilines is 1. The molecule has 2 aromatic rings. The summed E-state index contributed by atoms with van der Waals surface area (Å²) in [7, 11) is -4.24. The molecule has 1 N–H and O–H groups in total. The van der Waals surface area contributed by atoms with Crippen LogP contribution in [0.3, 0.4) is 0 Å². The third-order valence-electron chi connectivity index (χ3n) is 2.51. The van der Waals surface area contributed by atoms with Crippen molar-refractivity contribution in [2.24, 2.45) is 0 Å². The lowest BCUT2D eigenvalue weighted by atomic mass is 10.3. The smallest absolute Gasteiger partial charge is 0.263 e. The molecule has 0 aliphatic heterocycles. The molecule has 0 saturated heterocycles. The first-order valence-corrected chi connectivity index (χ1v) is 8.57. The van der Waals surface area contributed by atoms with Gasteiger partial charge in [0.05, 0.1) is 0 Å². The lowest BCUT2D eigenvalue weighted by Crippen LogP contribution is -2.17. The van der Waals surface area contributed by atoms with E-state index in [2.05, 4.69) is 41.6 Å². The summed E-state index contributed by atoms with van der Waals surface area (Å²) in [5.41, 5.74) is 0.548. The zero-order valence-electron chi connectivity index (χ0n) is 10.5. The topological polar surface area (TPSA) is 59.1 Å². The third kappa shape index (κ3) is 3.58. The van der Waals surface area contributed by atoms with Crippen LogP contribution in [-0.2, 0) is 10.0 Å². The molecule has 0 amide bonds. The van der Waals surface area contributed by atoms with Crippen LogP contribution in [0.5, 0.6) is 0 Å². The minimum absolute atomic E-state index is 0.0637. The number of aryl methyl sites for hydroxylation is 1. The van der Waals surface area contributed by atoms with Crippen molar-refractivity contribution in [2.45, 2.75) is 11.8 Å². The van der Waals surface area contributed by atoms with Gasteiger partial charge in [-0.2, -0.15) is 0 Å². The molecule has 9 heteroatoms. The van der Waals surface area contributed by atoms with E-state index in [0.717, 1.165) is 6.07 Å². The fraction of sp³-hybridized carbons (Fsp3) is 0.0833. The molecule has 1 aromatic heterocycles. The van der Waals surface area contributed by atoms with Crippen molar-refractivity contribution in [3.63, 3.8) is 0 Å². The summed E-state index contributed by atoms with van der Waals surface area (Å²) in [5.74, 6) is -2.01. The Morgan fingerprint density at radius 2 is 1.86 bits per heavy atom. The van der Waals surface area contributed by atoms with Gasteiger partial charge in [0, 0.05) is 21.2 Å². The van der Waals surface area contributed by atoms with Gasteiger partial charge in [0.15, 0.2) is 0 Å². The highest BCUT2D eigenvalue weighted by Gasteiger charge is 2.24. The number of hydrogen-bond donors (Lipinski definition) is 1. The van der Waals surface area contributed by atoms with Crippen LogP contribution in [0.15, 0.2) is 38.2 Å². The lowest BCUT2D eigenvalue weighted by molar-refractivity contribution is 0.548. The minimum Gasteiger partial charge on any atom is -0.263 e. The van der Waals surface area contributed by atoms with Gasteiger partial charge in [0.1, 0.15) is 22.3 Å². The highest BCUT2D eigenvalue weighted by atomic mass is 79.9. The molecule has 0 radical (unpaired) electrons. The first kappa shape index (κ1) is 16.3. The maximum Gasteiger partial charge on any atom is 0.267 e. The Labute approximate surface area is 136 Å². The summed E-state index contributed by atoms with van der Waals surface area (Å²) in [4.78, 5) is 3.24. The van der Waals surface area contributed by atoms with E-state index in [4.69, 9.17) is 0 Å². The summed E-state index contributed by atoms with van der Waals surface area (Å²) in [6, 6.07) is 3.03. The van der Waals surface area contributed by atoms with Crippen LogP contribution >= 0.6 is 31.9 Å². The predicted molar refractivity (Wildman–Crippen MR) is 81.5 cm³/mol. The van der Waals surface area contributed by atoms with Gasteiger partial charge in [0.25, 0.3) is 10.0 Å². The second-order valence-corrected chi connectivity index (χ2v) is 7.51. The molecular formula is C12H8Br2F2N2O2S. The third-order valence-corrected chi connectivity index (χ3v) is 5.24. The maximum absolute atomic E-state index is 13.8. The quantitative estimate of drug-likeness (QED) is 0.783. The van der Waals surface area contributed by atoms with Crippen LogP contribution in [0.1, 0.15) is 5.56 Å². The second kappa shape index (κ2) is 5.98. The van der Waals surface area contributed by atoms with E-state index in [1.54, 1.807) is 13.0 Å². The van der Waals surface area contributed by atoms with Gasteiger partial charge in [-0.05, 0) is 56.5 Å². The summed E-state index contributed by atoms with van der Waals surface area (Å²) in [6.07, 6.45) is 1.40. The van der Waals surface area contributed by atoms with E-state index in [0.29, 0.717) is 16.1 Å². The number of nitrogens with zero attached hydrogens (tertiary/aromatic N) is 1. The van der Waals surface area contributed by atoms with E-state index < -0.39 is 26.6 Å². The first-order chi connectivity index (χ1) is 9.70. The van der Waals surface area contributed by atoms with Crippen molar-refractivity contribution >= 4 is 47.7 Å². The Kier molecular flexibility index (Phi) is 4.64. The SMILES string of the molecule is Cc1cc(Br)cnc1NS(=O)(=O)c1c(F)cc(F)cc1Br. The molecule has 0 fully saturated rings. The predicted octanol–water partition coefficient (Wildman–Crippen LogP) is 3.99. The Morgan fingerprint density at radius 1 is 1.19 bits per heavy atom. The van der Waals surface area contributed by atoms with E-state index in [1.807, 2.05) is 0 Å². The molecule has 0 unspecified atom stereocenters. The zero-order chi connectivity index (χ0) is 15.8. The fourth-order valence-corrected chi connectivity index (χ4v) is 4.31. The number of benzene rings is 1. The molecule has 0 spiro atoms. The van der Waals surface area contributed by atoms with Gasteiger partial charge < -0.3 is 0 Å². The van der Waals surface area contributed by atoms with Crippen molar-refractivity contribution in [1.29, 1.82) is 0 Å². The Morgan fingerprint density at radius 3 is 2.43 bits per heavy atom. The first-order valence-electron chi connectivity index (χ1n) is 5.50. The number of pyridine rings is 1. The van der Waals surface area contributed by atoms with Crippen LogP contribution in [0.2, 0.25) is 0 Å². The highest BCUT2D eigenvalue weighted by Crippen LogP contribution is 2.28. The lowest BCUT2D eigenvalue weighted by Gasteiger charge is -2.11.